The van der Waals surface area contributed by atoms with E-state index in [1.54, 1.807) is 24.4 Å². The SMILES string of the molecule is COc1cc2c(/C(=N/N)NN)cnc(C(=O)c3cccc4cccnc34)c2cc1OC. The molecule has 2 aromatic heterocycles. The number of nitrogens with two attached hydrogens (primary N) is 2. The molecule has 9 heteroatoms. The number of carbonyl (C=O) groups excluding carboxylic acids is 1. The average Bonchev–Trinajstić information content (AvgIpc) is 2.83. The molecule has 0 spiro atoms. The van der Waals surface area contributed by atoms with Crippen molar-refractivity contribution in [3.8, 4) is 11.5 Å². The summed E-state index contributed by atoms with van der Waals surface area (Å²) in [5, 5.41) is 5.68. The summed E-state index contributed by atoms with van der Waals surface area (Å²) in [5.41, 5.74) is 4.23. The van der Waals surface area contributed by atoms with E-state index in [1.807, 2.05) is 24.3 Å². The number of para-hydroxylation sites is 1. The zero-order valence-electron chi connectivity index (χ0n) is 16.9. The Morgan fingerprint density at radius 2 is 1.71 bits per heavy atom. The smallest absolute Gasteiger partial charge is 0.214 e. The quantitative estimate of drug-likeness (QED) is 0.148. The number of nitrogens with one attached hydrogen (secondary N) is 1. The molecule has 0 saturated heterocycles. The van der Waals surface area contributed by atoms with E-state index >= 15 is 0 Å². The van der Waals surface area contributed by atoms with Crippen LogP contribution >= 0.6 is 0 Å². The first-order valence-electron chi connectivity index (χ1n) is 9.31. The Kier molecular flexibility index (Phi) is 5.33. The van der Waals surface area contributed by atoms with Crippen molar-refractivity contribution in [1.82, 2.24) is 15.4 Å². The molecule has 0 atom stereocenters. The van der Waals surface area contributed by atoms with Crippen LogP contribution in [0.15, 0.2) is 60.0 Å². The van der Waals surface area contributed by atoms with Crippen LogP contribution in [0.25, 0.3) is 21.7 Å². The Labute approximate surface area is 177 Å². The number of benzene rings is 2. The summed E-state index contributed by atoms with van der Waals surface area (Å²) in [7, 11) is 3.04. The Bertz CT molecular complexity index is 1330. The third-order valence-electron chi connectivity index (χ3n) is 5.01. The molecule has 31 heavy (non-hydrogen) atoms. The Morgan fingerprint density at radius 3 is 2.39 bits per heavy atom. The maximum absolute atomic E-state index is 13.6. The van der Waals surface area contributed by atoms with E-state index in [0.29, 0.717) is 38.9 Å². The Hall–Kier alpha value is -4.24. The van der Waals surface area contributed by atoms with Gasteiger partial charge in [0, 0.05) is 34.1 Å². The molecule has 2 heterocycles. The lowest BCUT2D eigenvalue weighted by molar-refractivity contribution is 0.103. The van der Waals surface area contributed by atoms with Gasteiger partial charge in [0.25, 0.3) is 0 Å². The molecule has 0 radical (unpaired) electrons. The number of methoxy groups -OCH3 is 2. The van der Waals surface area contributed by atoms with Crippen LogP contribution in [0.2, 0.25) is 0 Å². The van der Waals surface area contributed by atoms with Crippen LogP contribution in [-0.2, 0) is 0 Å². The minimum atomic E-state index is -0.278. The number of carbonyl (C=O) groups is 1. The van der Waals surface area contributed by atoms with Gasteiger partial charge >= 0.3 is 0 Å². The second-order valence-corrected chi connectivity index (χ2v) is 6.61. The van der Waals surface area contributed by atoms with E-state index in [1.165, 1.54) is 20.4 Å². The average molecular weight is 416 g/mol. The summed E-state index contributed by atoms with van der Waals surface area (Å²) >= 11 is 0. The lowest BCUT2D eigenvalue weighted by atomic mass is 9.97. The van der Waals surface area contributed by atoms with Gasteiger partial charge in [-0.15, -0.1) is 0 Å². The Balaban J connectivity index is 2.02. The van der Waals surface area contributed by atoms with E-state index in [4.69, 9.17) is 21.2 Å². The fourth-order valence-electron chi connectivity index (χ4n) is 3.54. The molecule has 5 N–H and O–H groups in total. The standard InChI is InChI=1S/C22H20N6O3/c1-30-17-9-14-15(10-18(17)31-2)20(26-11-16(14)22(27-23)28-24)21(29)13-7-3-5-12-6-4-8-25-19(12)13/h3-11H,23-24H2,1-2H3,(H,27,28). The lowest BCUT2D eigenvalue weighted by Crippen LogP contribution is -2.32. The fourth-order valence-corrected chi connectivity index (χ4v) is 3.54. The molecular formula is C22H20N6O3. The first kappa shape index (κ1) is 20.0. The number of hydrogen-bond acceptors (Lipinski definition) is 8. The van der Waals surface area contributed by atoms with Gasteiger partial charge in [-0.3, -0.25) is 14.8 Å². The van der Waals surface area contributed by atoms with Gasteiger partial charge in [-0.05, 0) is 24.3 Å². The van der Waals surface area contributed by atoms with E-state index < -0.39 is 0 Å². The van der Waals surface area contributed by atoms with Gasteiger partial charge in [0.05, 0.1) is 25.3 Å². The molecule has 0 unspecified atom stereocenters. The first-order chi connectivity index (χ1) is 15.1. The molecule has 0 fully saturated rings. The molecule has 0 aliphatic rings. The van der Waals surface area contributed by atoms with Crippen molar-refractivity contribution in [2.24, 2.45) is 16.8 Å². The van der Waals surface area contributed by atoms with Gasteiger partial charge in [0.2, 0.25) is 5.78 Å². The zero-order valence-corrected chi connectivity index (χ0v) is 16.9. The van der Waals surface area contributed by atoms with Crippen LogP contribution in [0.5, 0.6) is 11.5 Å². The number of hydrazone groups is 1. The van der Waals surface area contributed by atoms with Gasteiger partial charge in [-0.2, -0.15) is 5.10 Å². The van der Waals surface area contributed by atoms with Gasteiger partial charge in [-0.25, -0.2) is 5.84 Å². The highest BCUT2D eigenvalue weighted by Crippen LogP contribution is 2.35. The molecule has 4 aromatic rings. The number of aromatic nitrogens is 2. The predicted octanol–water partition coefficient (Wildman–Crippen LogP) is 2.11. The second kappa shape index (κ2) is 8.25. The number of hydrazine groups is 1. The number of hydrogen-bond donors (Lipinski definition) is 3. The van der Waals surface area contributed by atoms with Crippen molar-refractivity contribution in [1.29, 1.82) is 0 Å². The van der Waals surface area contributed by atoms with Crippen molar-refractivity contribution in [2.45, 2.75) is 0 Å². The van der Waals surface area contributed by atoms with Crippen LogP contribution in [0.4, 0.5) is 0 Å². The van der Waals surface area contributed by atoms with Crippen LogP contribution in [0.3, 0.4) is 0 Å². The molecule has 0 aliphatic heterocycles. The number of ether oxygens (including phenoxy) is 2. The highest BCUT2D eigenvalue weighted by atomic mass is 16.5. The van der Waals surface area contributed by atoms with Gasteiger partial charge in [0.1, 0.15) is 5.69 Å². The maximum atomic E-state index is 13.6. The second-order valence-electron chi connectivity index (χ2n) is 6.61. The van der Waals surface area contributed by atoms with Gasteiger partial charge in [-0.1, -0.05) is 18.2 Å². The largest absolute Gasteiger partial charge is 0.493 e. The van der Waals surface area contributed by atoms with Crippen LogP contribution < -0.4 is 26.6 Å². The fraction of sp³-hybridized carbons (Fsp3) is 0.0909. The van der Waals surface area contributed by atoms with E-state index in [9.17, 15) is 4.79 Å². The van der Waals surface area contributed by atoms with E-state index in [-0.39, 0.29) is 17.3 Å². The minimum Gasteiger partial charge on any atom is -0.493 e. The summed E-state index contributed by atoms with van der Waals surface area (Å²) in [5.74, 6) is 11.9. The van der Waals surface area contributed by atoms with Gasteiger partial charge in [0.15, 0.2) is 17.3 Å². The van der Waals surface area contributed by atoms with E-state index in [0.717, 1.165) is 5.39 Å². The van der Waals surface area contributed by atoms with Crippen molar-refractivity contribution in [3.05, 3.63) is 71.7 Å². The highest BCUT2D eigenvalue weighted by molar-refractivity contribution is 6.22. The molecule has 156 valence electrons. The molecule has 0 aliphatic carbocycles. The molecule has 0 amide bonds. The summed E-state index contributed by atoms with van der Waals surface area (Å²) in [6, 6.07) is 12.6. The molecular weight excluding hydrogens is 396 g/mol. The maximum Gasteiger partial charge on any atom is 0.214 e. The van der Waals surface area contributed by atoms with Crippen LogP contribution in [0.1, 0.15) is 21.6 Å². The van der Waals surface area contributed by atoms with Crippen molar-refractivity contribution in [3.63, 3.8) is 0 Å². The number of nitrogens with zero attached hydrogens (tertiary/aromatic N) is 3. The lowest BCUT2D eigenvalue weighted by Gasteiger charge is -2.15. The Morgan fingerprint density at radius 1 is 1.00 bits per heavy atom. The topological polar surface area (TPSA) is 138 Å². The number of amidine groups is 1. The summed E-state index contributed by atoms with van der Waals surface area (Å²) in [6.45, 7) is 0. The predicted molar refractivity (Wildman–Crippen MR) is 118 cm³/mol. The third kappa shape index (κ3) is 3.36. The van der Waals surface area contributed by atoms with Gasteiger partial charge < -0.3 is 20.7 Å². The molecule has 0 saturated carbocycles. The number of pyridine rings is 2. The molecule has 9 nitrogen and oxygen atoms in total. The zero-order chi connectivity index (χ0) is 22.0. The van der Waals surface area contributed by atoms with Crippen LogP contribution in [-0.4, -0.2) is 35.8 Å². The summed E-state index contributed by atoms with van der Waals surface area (Å²) in [4.78, 5) is 22.4. The molecule has 2 aromatic carbocycles. The minimum absolute atomic E-state index is 0.204. The monoisotopic (exact) mass is 416 g/mol. The third-order valence-corrected chi connectivity index (χ3v) is 5.01. The molecule has 0 bridgehead atoms. The number of ketones is 1. The van der Waals surface area contributed by atoms with E-state index in [2.05, 4.69) is 20.5 Å². The molecule has 4 rings (SSSR count). The normalized spacial score (nSPS) is 11.5. The number of fused-ring (bicyclic) bond motifs is 2. The van der Waals surface area contributed by atoms with Crippen LogP contribution in [0, 0.1) is 0 Å². The number of rotatable bonds is 5. The summed E-state index contributed by atoms with van der Waals surface area (Å²) < 4.78 is 10.9. The van der Waals surface area contributed by atoms with Crippen molar-refractivity contribution < 1.29 is 14.3 Å². The highest BCUT2D eigenvalue weighted by Gasteiger charge is 2.22. The van der Waals surface area contributed by atoms with Crippen molar-refractivity contribution in [2.75, 3.05) is 14.2 Å². The first-order valence-corrected chi connectivity index (χ1v) is 9.31. The van der Waals surface area contributed by atoms with Crippen molar-refractivity contribution >= 4 is 33.3 Å². The summed E-state index contributed by atoms with van der Waals surface area (Å²) in [6.07, 6.45) is 3.14.